The van der Waals surface area contributed by atoms with Crippen molar-refractivity contribution < 1.29 is 73.4 Å². The largest absolute Gasteiger partial charge is 0.508 e. The van der Waals surface area contributed by atoms with Crippen LogP contribution in [0.4, 0.5) is 0 Å². The minimum atomic E-state index is -4.35. The van der Waals surface area contributed by atoms with Gasteiger partial charge in [0, 0.05) is 32.1 Å². The number of rotatable bonds is 34. The highest BCUT2D eigenvalue weighted by Gasteiger charge is 2.75. The molecule has 81 heavy (non-hydrogen) atoms. The maximum absolute atomic E-state index is 17.0. The third-order valence-corrected chi connectivity index (χ3v) is 14.9. The minimum Gasteiger partial charge on any atom is -0.508 e. The fourth-order valence-electron chi connectivity index (χ4n) is 10.7. The second-order valence-corrected chi connectivity index (χ2v) is 20.2. The number of aryl methyl sites for hydroxylation is 4. The first-order valence-electron chi connectivity index (χ1n) is 27.0. The molecule has 0 bridgehead atoms. The van der Waals surface area contributed by atoms with Crippen LogP contribution in [0.5, 0.6) is 11.5 Å². The van der Waals surface area contributed by atoms with Gasteiger partial charge in [-0.15, -0.1) is 0 Å². The number of methoxy groups -OCH3 is 1. The third kappa shape index (κ3) is 13.7. The number of ether oxygens (including phenoxy) is 1. The standard InChI is InChI=1S/C66H68O15/c1-44(68)59(76)64(61(78)54(71)43-67,60(77)53(70)42-49-23-11-5-12-24-49)62(79)63(80)66(57(74)40-34-47-30-36-51(69)37-31-47,58(75)41-35-48-32-38-52(81-2)39-33-48)65(50-26-13-6-14-27-50,56(73)29-17-25-46-20-9-4-10-21-46)55(72)28-16-15-22-45-18-7-3-8-19-45/h3-14,18-21,23-24,26-27,30-33,36-39,44,53-54,67-71H,15-17,22,25,28-29,34-35,40-43H2,1-2H3/t44-,53-,54-,64?,65?,66?/m0/s1. The van der Waals surface area contributed by atoms with E-state index in [9.17, 15) is 30.3 Å². The lowest BCUT2D eigenvalue weighted by atomic mass is 9.47. The van der Waals surface area contributed by atoms with Crippen LogP contribution in [0.1, 0.15) is 85.3 Å². The molecule has 0 saturated heterocycles. The van der Waals surface area contributed by atoms with Crippen molar-refractivity contribution in [3.8, 4) is 11.5 Å². The van der Waals surface area contributed by atoms with E-state index in [-0.39, 0.29) is 49.8 Å². The topological polar surface area (TPSA) is 264 Å². The summed E-state index contributed by atoms with van der Waals surface area (Å²) in [5.41, 5.74) is -9.48. The summed E-state index contributed by atoms with van der Waals surface area (Å²) in [5.74, 6) is -16.4. The van der Waals surface area contributed by atoms with Gasteiger partial charge < -0.3 is 30.3 Å². The summed E-state index contributed by atoms with van der Waals surface area (Å²) in [6.07, 6.45) is -11.7. The van der Waals surface area contributed by atoms with Gasteiger partial charge in [0.25, 0.3) is 0 Å². The summed E-state index contributed by atoms with van der Waals surface area (Å²) < 4.78 is 5.33. The number of carbonyl (C=O) groups is 9. The van der Waals surface area contributed by atoms with Crippen LogP contribution in [0.25, 0.3) is 0 Å². The zero-order valence-electron chi connectivity index (χ0n) is 45.4. The molecule has 0 spiro atoms. The molecule has 6 aromatic carbocycles. The Morgan fingerprint density at radius 2 is 0.864 bits per heavy atom. The number of benzene rings is 6. The predicted molar refractivity (Wildman–Crippen MR) is 300 cm³/mol. The normalized spacial score (nSPS) is 14.6. The first-order valence-corrected chi connectivity index (χ1v) is 27.0. The SMILES string of the molecule is COc1ccc(CCC(=O)C(C(=O)CCc2ccc(O)cc2)(C(=O)C(=O)C(C(=O)[C@H](C)O)(C(=O)[C@@H](O)CO)C(=O)[C@@H](O)Cc2ccccc2)C(C(=O)CCCCc2ccccc2)(C(=O)CCCc2ccccc2)c2ccccc2)cc1. The molecule has 6 rings (SSSR count). The third-order valence-electron chi connectivity index (χ3n) is 14.9. The van der Waals surface area contributed by atoms with Gasteiger partial charge in [0.2, 0.25) is 17.0 Å². The molecule has 15 heteroatoms. The van der Waals surface area contributed by atoms with E-state index in [0.717, 1.165) is 18.1 Å². The number of carbonyl (C=O) groups excluding carboxylic acids is 9. The summed E-state index contributed by atoms with van der Waals surface area (Å²) in [4.78, 5) is 145. The molecule has 0 amide bonds. The number of Topliss-reactive ketones (excluding diaryl/α,β-unsaturated/α-hetero) is 9. The Kier molecular flexibility index (Phi) is 22.0. The first-order chi connectivity index (χ1) is 38.9. The van der Waals surface area contributed by atoms with Gasteiger partial charge in [-0.2, -0.15) is 0 Å². The molecule has 0 aromatic heterocycles. The van der Waals surface area contributed by atoms with E-state index >= 15 is 38.4 Å². The monoisotopic (exact) mass is 1100 g/mol. The van der Waals surface area contributed by atoms with Crippen molar-refractivity contribution in [3.63, 3.8) is 0 Å². The Hall–Kier alpha value is -8.21. The molecule has 6 aromatic rings. The number of hydrogen-bond acceptors (Lipinski definition) is 15. The van der Waals surface area contributed by atoms with Gasteiger partial charge in [0.05, 0.1) is 13.7 Å². The van der Waals surface area contributed by atoms with E-state index < -0.39 is 131 Å². The van der Waals surface area contributed by atoms with E-state index in [0.29, 0.717) is 23.3 Å². The summed E-state index contributed by atoms with van der Waals surface area (Å²) in [6.45, 7) is -0.867. The first kappa shape index (κ1) is 62.0. The molecule has 0 aliphatic rings. The number of aliphatic hydroxyl groups excluding tert-OH is 4. The average Bonchev–Trinajstić information content (AvgIpc) is 2.27. The van der Waals surface area contributed by atoms with Crippen LogP contribution < -0.4 is 4.74 Å². The number of phenolic OH excluding ortho intramolecular Hbond substituents is 1. The molecule has 0 fully saturated rings. The smallest absolute Gasteiger partial charge is 0.228 e. The van der Waals surface area contributed by atoms with E-state index in [1.807, 2.05) is 30.3 Å². The van der Waals surface area contributed by atoms with E-state index in [2.05, 4.69) is 0 Å². The van der Waals surface area contributed by atoms with Gasteiger partial charge in [-0.1, -0.05) is 146 Å². The van der Waals surface area contributed by atoms with Crippen LogP contribution >= 0.6 is 0 Å². The highest BCUT2D eigenvalue weighted by atomic mass is 16.5. The van der Waals surface area contributed by atoms with Gasteiger partial charge in [0.1, 0.15) is 35.2 Å². The molecule has 6 atom stereocenters. The quantitative estimate of drug-likeness (QED) is 0.0159. The number of aromatic hydroxyl groups is 1. The summed E-state index contributed by atoms with van der Waals surface area (Å²) in [6, 6.07) is 44.1. The molecule has 0 heterocycles. The molecule has 0 saturated carbocycles. The van der Waals surface area contributed by atoms with Crippen LogP contribution in [0.2, 0.25) is 0 Å². The molecule has 15 nitrogen and oxygen atoms in total. The molecule has 0 aliphatic carbocycles. The lowest BCUT2D eigenvalue weighted by Gasteiger charge is -2.46. The summed E-state index contributed by atoms with van der Waals surface area (Å²) in [5, 5.41) is 54.9. The predicted octanol–water partition coefficient (Wildman–Crippen LogP) is 6.77. The Morgan fingerprint density at radius 1 is 0.444 bits per heavy atom. The maximum Gasteiger partial charge on any atom is 0.228 e. The number of aliphatic hydroxyl groups is 4. The molecular weight excluding hydrogens is 1030 g/mol. The van der Waals surface area contributed by atoms with E-state index in [1.54, 1.807) is 60.7 Å². The summed E-state index contributed by atoms with van der Waals surface area (Å²) in [7, 11) is 1.43. The van der Waals surface area contributed by atoms with Crippen LogP contribution in [0.15, 0.2) is 170 Å². The molecule has 0 aliphatic heterocycles. The van der Waals surface area contributed by atoms with Gasteiger partial charge in [-0.3, -0.25) is 43.2 Å². The van der Waals surface area contributed by atoms with Crippen molar-refractivity contribution in [2.24, 2.45) is 10.8 Å². The Labute approximate surface area is 470 Å². The Bertz CT molecular complexity index is 3140. The van der Waals surface area contributed by atoms with Gasteiger partial charge in [-0.05, 0) is 110 Å². The molecule has 3 unspecified atom stereocenters. The Balaban J connectivity index is 1.75. The van der Waals surface area contributed by atoms with E-state index in [1.165, 1.54) is 86.0 Å². The van der Waals surface area contributed by atoms with Gasteiger partial charge in [0.15, 0.2) is 45.9 Å². The zero-order valence-corrected chi connectivity index (χ0v) is 45.4. The number of unbranched alkanes of at least 4 members (excludes halogenated alkanes) is 1. The van der Waals surface area contributed by atoms with Crippen molar-refractivity contribution in [2.45, 2.75) is 108 Å². The second kappa shape index (κ2) is 28.8. The lowest BCUT2D eigenvalue weighted by molar-refractivity contribution is -0.173. The van der Waals surface area contributed by atoms with Gasteiger partial charge in [-0.25, -0.2) is 0 Å². The number of ketones is 9. The van der Waals surface area contributed by atoms with Crippen molar-refractivity contribution >= 4 is 52.0 Å². The van der Waals surface area contributed by atoms with Crippen LogP contribution in [-0.4, -0.2) is 110 Å². The molecule has 5 N–H and O–H groups in total. The van der Waals surface area contributed by atoms with Crippen molar-refractivity contribution in [1.29, 1.82) is 0 Å². The van der Waals surface area contributed by atoms with Crippen LogP contribution in [0, 0.1) is 10.8 Å². The lowest BCUT2D eigenvalue weighted by Crippen LogP contribution is -2.72. The van der Waals surface area contributed by atoms with E-state index in [4.69, 9.17) is 4.74 Å². The van der Waals surface area contributed by atoms with Gasteiger partial charge >= 0.3 is 0 Å². The van der Waals surface area contributed by atoms with Crippen molar-refractivity contribution in [1.82, 2.24) is 0 Å². The maximum atomic E-state index is 17.0. The molecule has 0 radical (unpaired) electrons. The highest BCUT2D eigenvalue weighted by Crippen LogP contribution is 2.52. The summed E-state index contributed by atoms with van der Waals surface area (Å²) >= 11 is 0. The second-order valence-electron chi connectivity index (χ2n) is 20.2. The average molecular weight is 1100 g/mol. The fraction of sp³-hybridized carbons (Fsp3) is 0.318. The minimum absolute atomic E-state index is 0.0185. The molecule has 422 valence electrons. The van der Waals surface area contributed by atoms with Crippen LogP contribution in [0.3, 0.4) is 0 Å². The Morgan fingerprint density at radius 3 is 1.33 bits per heavy atom. The van der Waals surface area contributed by atoms with Crippen molar-refractivity contribution in [3.05, 3.63) is 203 Å². The van der Waals surface area contributed by atoms with Crippen LogP contribution in [-0.2, 0) is 80.7 Å². The zero-order chi connectivity index (χ0) is 58.7. The molecular formula is C66H68O15. The highest BCUT2D eigenvalue weighted by molar-refractivity contribution is 6.62. The number of hydrogen-bond donors (Lipinski definition) is 5. The number of phenols is 1. The fourth-order valence-corrected chi connectivity index (χ4v) is 10.7. The van der Waals surface area contributed by atoms with Crippen molar-refractivity contribution in [2.75, 3.05) is 13.7 Å².